The number of hydrogen-bond acceptors (Lipinski definition) is 3. The number of amides is 2. The van der Waals surface area contributed by atoms with Crippen LogP contribution in [0.15, 0.2) is 0 Å². The lowest BCUT2D eigenvalue weighted by atomic mass is 10.1. The first-order chi connectivity index (χ1) is 8.58. The van der Waals surface area contributed by atoms with E-state index >= 15 is 0 Å². The van der Waals surface area contributed by atoms with Crippen LogP contribution in [0.25, 0.3) is 0 Å². The van der Waals surface area contributed by atoms with Gasteiger partial charge in [-0.15, -0.1) is 0 Å². The third-order valence-electron chi connectivity index (χ3n) is 2.67. The lowest BCUT2D eigenvalue weighted by Crippen LogP contribution is -2.51. The maximum absolute atomic E-state index is 12.4. The fourth-order valence-corrected chi connectivity index (χ4v) is 1.75. The van der Waals surface area contributed by atoms with Crippen LogP contribution in [-0.4, -0.2) is 63.3 Å². The van der Waals surface area contributed by atoms with Crippen LogP contribution in [0, 0.1) is 0 Å². The molecule has 0 saturated heterocycles. The number of likely N-dealkylation sites (N-methyl/N-ethyl adjacent to an activating group) is 1. The Morgan fingerprint density at radius 3 is 2.11 bits per heavy atom. The van der Waals surface area contributed by atoms with Crippen molar-refractivity contribution in [1.29, 1.82) is 0 Å². The smallest absolute Gasteiger partial charge is 0.320 e. The zero-order valence-corrected chi connectivity index (χ0v) is 12.5. The van der Waals surface area contributed by atoms with E-state index in [-0.39, 0.29) is 31.6 Å². The Labute approximate surface area is 115 Å². The second-order valence-corrected chi connectivity index (χ2v) is 5.54. The van der Waals surface area contributed by atoms with E-state index in [0.29, 0.717) is 6.54 Å². The maximum Gasteiger partial charge on any atom is 0.320 e. The van der Waals surface area contributed by atoms with Crippen molar-refractivity contribution in [3.63, 3.8) is 0 Å². The van der Waals surface area contributed by atoms with E-state index in [0.717, 1.165) is 0 Å². The van der Waals surface area contributed by atoms with Crippen molar-refractivity contribution >= 4 is 12.0 Å². The Morgan fingerprint density at radius 1 is 1.26 bits per heavy atom. The molecule has 0 atom stereocenters. The van der Waals surface area contributed by atoms with Crippen LogP contribution in [0.2, 0.25) is 0 Å². The number of aliphatic hydroxyl groups is 1. The molecule has 2 amide bonds. The number of carbonyl (C=O) groups is 2. The Morgan fingerprint density at radius 2 is 1.79 bits per heavy atom. The molecule has 6 heteroatoms. The number of rotatable bonds is 7. The molecule has 0 saturated carbocycles. The van der Waals surface area contributed by atoms with E-state index in [2.05, 4.69) is 0 Å². The number of aliphatic carboxylic acids is 1. The Bertz CT molecular complexity index is 310. The van der Waals surface area contributed by atoms with E-state index in [1.807, 2.05) is 20.8 Å². The summed E-state index contributed by atoms with van der Waals surface area (Å²) in [6.45, 7) is 9.67. The molecule has 0 aliphatic rings. The van der Waals surface area contributed by atoms with E-state index in [4.69, 9.17) is 5.11 Å². The van der Waals surface area contributed by atoms with Gasteiger partial charge in [-0.25, -0.2) is 4.79 Å². The van der Waals surface area contributed by atoms with Crippen LogP contribution in [0.5, 0.6) is 0 Å². The van der Waals surface area contributed by atoms with Gasteiger partial charge in [0.15, 0.2) is 0 Å². The molecule has 0 aromatic rings. The molecule has 0 heterocycles. The van der Waals surface area contributed by atoms with Gasteiger partial charge in [0.1, 0.15) is 0 Å². The molecule has 0 unspecified atom stereocenters. The molecule has 6 nitrogen and oxygen atoms in total. The molecule has 112 valence electrons. The summed E-state index contributed by atoms with van der Waals surface area (Å²) >= 11 is 0. The average molecular weight is 274 g/mol. The second-order valence-electron chi connectivity index (χ2n) is 5.54. The Balaban J connectivity index is 4.80. The van der Waals surface area contributed by atoms with E-state index in [1.165, 1.54) is 9.80 Å². The van der Waals surface area contributed by atoms with E-state index < -0.39 is 11.6 Å². The predicted molar refractivity (Wildman–Crippen MR) is 73.0 cm³/mol. The minimum atomic E-state index is -0.971. The summed E-state index contributed by atoms with van der Waals surface area (Å²) in [5.74, 6) is -0.927. The van der Waals surface area contributed by atoms with Gasteiger partial charge in [0.25, 0.3) is 0 Å². The summed E-state index contributed by atoms with van der Waals surface area (Å²) < 4.78 is 0. The van der Waals surface area contributed by atoms with Crippen molar-refractivity contribution < 1.29 is 19.8 Å². The first-order valence-electron chi connectivity index (χ1n) is 6.58. The Hall–Kier alpha value is -1.30. The summed E-state index contributed by atoms with van der Waals surface area (Å²) in [6, 6.07) is -0.316. The van der Waals surface area contributed by atoms with Crippen molar-refractivity contribution in [1.82, 2.24) is 9.80 Å². The molecule has 0 bridgehead atoms. The number of carbonyl (C=O) groups excluding carboxylic acids is 1. The number of urea groups is 1. The van der Waals surface area contributed by atoms with E-state index in [9.17, 15) is 14.7 Å². The molecule has 0 radical (unpaired) electrons. The third-order valence-corrected chi connectivity index (χ3v) is 2.67. The third kappa shape index (κ3) is 7.00. The van der Waals surface area contributed by atoms with Gasteiger partial charge in [0.05, 0.1) is 18.6 Å². The highest BCUT2D eigenvalue weighted by Crippen LogP contribution is 2.10. The molecule has 2 N–H and O–H groups in total. The fourth-order valence-electron chi connectivity index (χ4n) is 1.75. The molecular formula is C13H26N2O4. The first-order valence-corrected chi connectivity index (χ1v) is 6.58. The Kier molecular flexibility index (Phi) is 6.83. The molecule has 0 aromatic heterocycles. The highest BCUT2D eigenvalue weighted by atomic mass is 16.4. The molecule has 0 spiro atoms. The standard InChI is InChI=1S/C13H26N2O4/c1-6-14(9-13(4,5)19)12(18)15(10(2)3)8-7-11(16)17/h10,19H,6-9H2,1-5H3,(H,16,17). The lowest BCUT2D eigenvalue weighted by Gasteiger charge is -2.35. The van der Waals surface area contributed by atoms with Gasteiger partial charge in [0, 0.05) is 19.1 Å². The fraction of sp³-hybridized carbons (Fsp3) is 0.846. The van der Waals surface area contributed by atoms with Crippen LogP contribution in [-0.2, 0) is 4.79 Å². The highest BCUT2D eigenvalue weighted by Gasteiger charge is 2.26. The summed E-state index contributed by atoms with van der Waals surface area (Å²) in [4.78, 5) is 26.0. The lowest BCUT2D eigenvalue weighted by molar-refractivity contribution is -0.137. The average Bonchev–Trinajstić information content (AvgIpc) is 2.23. The summed E-state index contributed by atoms with van der Waals surface area (Å²) in [5.41, 5.74) is -0.971. The van der Waals surface area contributed by atoms with Gasteiger partial charge in [-0.05, 0) is 34.6 Å². The molecule has 0 rings (SSSR count). The molecule has 0 aliphatic heterocycles. The second kappa shape index (κ2) is 7.33. The van der Waals surface area contributed by atoms with Crippen molar-refractivity contribution in [2.45, 2.75) is 52.7 Å². The molecule has 0 fully saturated rings. The predicted octanol–water partition coefficient (Wildman–Crippen LogP) is 1.38. The first kappa shape index (κ1) is 17.7. The van der Waals surface area contributed by atoms with Crippen LogP contribution >= 0.6 is 0 Å². The largest absolute Gasteiger partial charge is 0.481 e. The normalized spacial score (nSPS) is 11.5. The monoisotopic (exact) mass is 274 g/mol. The minimum Gasteiger partial charge on any atom is -0.481 e. The van der Waals surface area contributed by atoms with Crippen molar-refractivity contribution in [3.05, 3.63) is 0 Å². The van der Waals surface area contributed by atoms with Crippen LogP contribution < -0.4 is 0 Å². The van der Waals surface area contributed by atoms with Gasteiger partial charge in [-0.2, -0.15) is 0 Å². The summed E-state index contributed by atoms with van der Waals surface area (Å²) in [5, 5.41) is 18.5. The van der Waals surface area contributed by atoms with Crippen molar-refractivity contribution in [3.8, 4) is 0 Å². The molecular weight excluding hydrogens is 248 g/mol. The molecule has 0 aliphatic carbocycles. The van der Waals surface area contributed by atoms with Crippen LogP contribution in [0.3, 0.4) is 0 Å². The van der Waals surface area contributed by atoms with Gasteiger partial charge in [-0.3, -0.25) is 4.79 Å². The number of hydrogen-bond donors (Lipinski definition) is 2. The van der Waals surface area contributed by atoms with Crippen LogP contribution in [0.1, 0.15) is 41.0 Å². The SMILES string of the molecule is CCN(CC(C)(C)O)C(=O)N(CCC(=O)O)C(C)C. The zero-order chi connectivity index (χ0) is 15.2. The number of nitrogens with zero attached hydrogens (tertiary/aromatic N) is 2. The van der Waals surface area contributed by atoms with Gasteiger partial charge >= 0.3 is 12.0 Å². The van der Waals surface area contributed by atoms with Gasteiger partial charge in [-0.1, -0.05) is 0 Å². The van der Waals surface area contributed by atoms with Crippen molar-refractivity contribution in [2.24, 2.45) is 0 Å². The number of carboxylic acids is 1. The topological polar surface area (TPSA) is 81.1 Å². The quantitative estimate of drug-likeness (QED) is 0.735. The van der Waals surface area contributed by atoms with E-state index in [1.54, 1.807) is 13.8 Å². The summed E-state index contributed by atoms with van der Waals surface area (Å²) in [7, 11) is 0. The zero-order valence-electron chi connectivity index (χ0n) is 12.5. The highest BCUT2D eigenvalue weighted by molar-refractivity contribution is 5.76. The molecule has 19 heavy (non-hydrogen) atoms. The maximum atomic E-state index is 12.4. The molecule has 0 aromatic carbocycles. The van der Waals surface area contributed by atoms with Gasteiger partial charge in [0.2, 0.25) is 0 Å². The van der Waals surface area contributed by atoms with Crippen LogP contribution in [0.4, 0.5) is 4.79 Å². The summed E-state index contributed by atoms with van der Waals surface area (Å²) in [6.07, 6.45) is -0.0794. The minimum absolute atomic E-state index is 0.0794. The number of carboxylic acid groups (broad SMARTS) is 1. The van der Waals surface area contributed by atoms with Gasteiger partial charge < -0.3 is 20.0 Å². The van der Waals surface area contributed by atoms with Crippen molar-refractivity contribution in [2.75, 3.05) is 19.6 Å².